The Morgan fingerprint density at radius 1 is 0.885 bits per heavy atom. The molecule has 0 aliphatic carbocycles. The molecule has 3 rings (SSSR count). The van der Waals surface area contributed by atoms with Gasteiger partial charge in [0.1, 0.15) is 5.75 Å². The van der Waals surface area contributed by atoms with E-state index in [4.69, 9.17) is 4.74 Å². The van der Waals surface area contributed by atoms with E-state index in [2.05, 4.69) is 12.1 Å². The first kappa shape index (κ1) is 17.5. The molecule has 0 radical (unpaired) electrons. The Kier molecular flexibility index (Phi) is 5.54. The molecular formula is C22H21NO3. The van der Waals surface area contributed by atoms with Crippen LogP contribution in [0.5, 0.6) is 5.75 Å². The first-order chi connectivity index (χ1) is 12.7. The minimum atomic E-state index is -1.01. The van der Waals surface area contributed by atoms with Crippen molar-refractivity contribution in [3.63, 3.8) is 0 Å². The Balaban J connectivity index is 1.84. The predicted molar refractivity (Wildman–Crippen MR) is 104 cm³/mol. The van der Waals surface area contributed by atoms with Crippen LogP contribution in [0, 0.1) is 0 Å². The Labute approximate surface area is 153 Å². The highest BCUT2D eigenvalue weighted by molar-refractivity contribution is 5.88. The smallest absolute Gasteiger partial charge is 0.412 e. The van der Waals surface area contributed by atoms with E-state index in [9.17, 15) is 9.90 Å². The van der Waals surface area contributed by atoms with E-state index >= 15 is 0 Å². The van der Waals surface area contributed by atoms with Crippen LogP contribution < -0.4 is 9.64 Å². The highest BCUT2D eigenvalue weighted by Crippen LogP contribution is 2.30. The van der Waals surface area contributed by atoms with E-state index in [1.54, 1.807) is 12.1 Å². The molecule has 0 spiro atoms. The van der Waals surface area contributed by atoms with Crippen molar-refractivity contribution < 1.29 is 14.6 Å². The molecule has 4 heteroatoms. The van der Waals surface area contributed by atoms with Crippen LogP contribution in [0.1, 0.15) is 12.5 Å². The quantitative estimate of drug-likeness (QED) is 0.646. The van der Waals surface area contributed by atoms with Gasteiger partial charge in [0.25, 0.3) is 0 Å². The van der Waals surface area contributed by atoms with Gasteiger partial charge in [-0.15, -0.1) is 0 Å². The molecule has 0 aromatic heterocycles. The van der Waals surface area contributed by atoms with Crippen LogP contribution in [0.4, 0.5) is 10.5 Å². The largest absolute Gasteiger partial charge is 0.492 e. The third kappa shape index (κ3) is 4.03. The van der Waals surface area contributed by atoms with Crippen molar-refractivity contribution in [1.29, 1.82) is 0 Å². The molecule has 0 saturated carbocycles. The average molecular weight is 347 g/mol. The van der Waals surface area contributed by atoms with Crippen molar-refractivity contribution in [1.82, 2.24) is 0 Å². The van der Waals surface area contributed by atoms with E-state index in [0.29, 0.717) is 18.0 Å². The van der Waals surface area contributed by atoms with Crippen molar-refractivity contribution in [3.8, 4) is 16.9 Å². The number of ether oxygens (including phenoxy) is 1. The maximum atomic E-state index is 11.8. The lowest BCUT2D eigenvalue weighted by molar-refractivity contribution is 0.201. The molecule has 0 saturated heterocycles. The molecule has 3 aromatic rings. The molecule has 1 amide bonds. The van der Waals surface area contributed by atoms with E-state index in [1.165, 1.54) is 4.90 Å². The van der Waals surface area contributed by atoms with Gasteiger partial charge in [-0.25, -0.2) is 4.79 Å². The van der Waals surface area contributed by atoms with E-state index in [0.717, 1.165) is 16.7 Å². The van der Waals surface area contributed by atoms with Gasteiger partial charge in [-0.2, -0.15) is 0 Å². The number of carbonyl (C=O) groups is 1. The summed E-state index contributed by atoms with van der Waals surface area (Å²) in [7, 11) is 0. The van der Waals surface area contributed by atoms with Gasteiger partial charge in [-0.3, -0.25) is 4.90 Å². The summed E-state index contributed by atoms with van der Waals surface area (Å²) in [5, 5.41) is 9.68. The minimum Gasteiger partial charge on any atom is -0.492 e. The fourth-order valence-corrected chi connectivity index (χ4v) is 2.83. The number of benzene rings is 3. The SMILES string of the molecule is CCOc1ccccc1N(Cc1ccc(-c2ccccc2)cc1)C(=O)O. The number of hydrogen-bond acceptors (Lipinski definition) is 2. The van der Waals surface area contributed by atoms with E-state index in [1.807, 2.05) is 61.5 Å². The molecule has 0 heterocycles. The van der Waals surface area contributed by atoms with E-state index in [-0.39, 0.29) is 6.54 Å². The summed E-state index contributed by atoms with van der Waals surface area (Å²) in [6.07, 6.45) is -1.01. The number of hydrogen-bond donors (Lipinski definition) is 1. The van der Waals surface area contributed by atoms with Crippen LogP contribution in [-0.4, -0.2) is 17.8 Å². The monoisotopic (exact) mass is 347 g/mol. The fraction of sp³-hybridized carbons (Fsp3) is 0.136. The second-order valence-electron chi connectivity index (χ2n) is 5.83. The lowest BCUT2D eigenvalue weighted by Gasteiger charge is -2.22. The van der Waals surface area contributed by atoms with Gasteiger partial charge in [0.2, 0.25) is 0 Å². The fourth-order valence-electron chi connectivity index (χ4n) is 2.83. The zero-order valence-corrected chi connectivity index (χ0v) is 14.6. The molecule has 0 unspecified atom stereocenters. The van der Waals surface area contributed by atoms with Crippen molar-refractivity contribution in [2.75, 3.05) is 11.5 Å². The van der Waals surface area contributed by atoms with Crippen molar-refractivity contribution >= 4 is 11.8 Å². The molecule has 3 aromatic carbocycles. The Morgan fingerprint density at radius 2 is 1.50 bits per heavy atom. The number of carboxylic acid groups (broad SMARTS) is 1. The molecule has 26 heavy (non-hydrogen) atoms. The number of anilines is 1. The molecule has 0 aliphatic heterocycles. The molecule has 132 valence electrons. The molecular weight excluding hydrogens is 326 g/mol. The second kappa shape index (κ2) is 8.21. The zero-order valence-electron chi connectivity index (χ0n) is 14.6. The van der Waals surface area contributed by atoms with Crippen molar-refractivity contribution in [2.45, 2.75) is 13.5 Å². The maximum absolute atomic E-state index is 11.8. The van der Waals surface area contributed by atoms with Crippen LogP contribution in [0.3, 0.4) is 0 Å². The highest BCUT2D eigenvalue weighted by atomic mass is 16.5. The van der Waals surface area contributed by atoms with Crippen LogP contribution in [0.2, 0.25) is 0 Å². The van der Waals surface area contributed by atoms with Crippen LogP contribution >= 0.6 is 0 Å². The topological polar surface area (TPSA) is 49.8 Å². The van der Waals surface area contributed by atoms with Crippen molar-refractivity contribution in [2.24, 2.45) is 0 Å². The second-order valence-corrected chi connectivity index (χ2v) is 5.83. The summed E-state index contributed by atoms with van der Waals surface area (Å²) in [5.74, 6) is 0.568. The van der Waals surface area contributed by atoms with Gasteiger partial charge in [0, 0.05) is 0 Å². The first-order valence-electron chi connectivity index (χ1n) is 8.55. The lowest BCUT2D eigenvalue weighted by Crippen LogP contribution is -2.29. The molecule has 0 atom stereocenters. The molecule has 0 aliphatic rings. The van der Waals surface area contributed by atoms with Crippen LogP contribution in [0.25, 0.3) is 11.1 Å². The Morgan fingerprint density at radius 3 is 2.15 bits per heavy atom. The summed E-state index contributed by atoms with van der Waals surface area (Å²) in [6.45, 7) is 2.62. The van der Waals surface area contributed by atoms with E-state index < -0.39 is 6.09 Å². The lowest BCUT2D eigenvalue weighted by atomic mass is 10.0. The predicted octanol–water partition coefficient (Wildman–Crippen LogP) is 5.44. The van der Waals surface area contributed by atoms with Gasteiger partial charge in [0.15, 0.2) is 0 Å². The Bertz CT molecular complexity index is 860. The Hall–Kier alpha value is -3.27. The summed E-state index contributed by atoms with van der Waals surface area (Å²) in [5.41, 5.74) is 3.70. The van der Waals surface area contributed by atoms with Gasteiger partial charge in [-0.05, 0) is 35.7 Å². The molecule has 0 bridgehead atoms. The minimum absolute atomic E-state index is 0.258. The third-order valence-corrected chi connectivity index (χ3v) is 4.09. The normalized spacial score (nSPS) is 10.3. The number of para-hydroxylation sites is 2. The van der Waals surface area contributed by atoms with Crippen LogP contribution in [-0.2, 0) is 6.54 Å². The number of rotatable bonds is 6. The third-order valence-electron chi connectivity index (χ3n) is 4.09. The van der Waals surface area contributed by atoms with Gasteiger partial charge in [-0.1, -0.05) is 66.7 Å². The number of nitrogens with zero attached hydrogens (tertiary/aromatic N) is 1. The summed E-state index contributed by atoms with van der Waals surface area (Å²) < 4.78 is 5.58. The number of amides is 1. The van der Waals surface area contributed by atoms with Gasteiger partial charge >= 0.3 is 6.09 Å². The molecule has 1 N–H and O–H groups in total. The zero-order chi connectivity index (χ0) is 18.4. The van der Waals surface area contributed by atoms with Crippen molar-refractivity contribution in [3.05, 3.63) is 84.4 Å². The summed E-state index contributed by atoms with van der Waals surface area (Å²) in [6, 6.07) is 25.2. The summed E-state index contributed by atoms with van der Waals surface area (Å²) in [4.78, 5) is 13.1. The van der Waals surface area contributed by atoms with Crippen LogP contribution in [0.15, 0.2) is 78.9 Å². The highest BCUT2D eigenvalue weighted by Gasteiger charge is 2.18. The van der Waals surface area contributed by atoms with Gasteiger partial charge < -0.3 is 9.84 Å². The standard InChI is InChI=1S/C22H21NO3/c1-2-26-21-11-7-6-10-20(21)23(22(24)25)16-17-12-14-19(15-13-17)18-8-4-3-5-9-18/h3-15H,2,16H2,1H3,(H,24,25). The maximum Gasteiger partial charge on any atom is 0.412 e. The first-order valence-corrected chi connectivity index (χ1v) is 8.55. The molecule has 0 fully saturated rings. The molecule has 4 nitrogen and oxygen atoms in total. The average Bonchev–Trinajstić information content (AvgIpc) is 2.68. The summed E-state index contributed by atoms with van der Waals surface area (Å²) >= 11 is 0. The van der Waals surface area contributed by atoms with Gasteiger partial charge in [0.05, 0.1) is 18.8 Å².